The standard InChI is InChI=1S/C22H27ClN2O2/c1-4-24-22(27)17(3)25(15-18-9-7-8-16(2)14-18)21(26)13-12-19-10-5-6-11-20(19)23/h5-11,14,17H,4,12-13,15H2,1-3H3,(H,24,27). The van der Waals surface area contributed by atoms with Crippen LogP contribution in [0.5, 0.6) is 0 Å². The number of benzene rings is 2. The zero-order valence-corrected chi connectivity index (χ0v) is 16.9. The van der Waals surface area contributed by atoms with Crippen LogP contribution in [0.3, 0.4) is 0 Å². The van der Waals surface area contributed by atoms with Crippen LogP contribution in [0.15, 0.2) is 48.5 Å². The molecule has 0 aliphatic carbocycles. The van der Waals surface area contributed by atoms with E-state index in [1.54, 1.807) is 11.8 Å². The Morgan fingerprint density at radius 3 is 2.56 bits per heavy atom. The molecule has 0 aromatic heterocycles. The predicted octanol–water partition coefficient (Wildman–Crippen LogP) is 4.13. The van der Waals surface area contributed by atoms with Crippen molar-refractivity contribution in [3.63, 3.8) is 0 Å². The number of carbonyl (C=O) groups is 2. The van der Waals surface area contributed by atoms with Gasteiger partial charge in [-0.2, -0.15) is 0 Å². The van der Waals surface area contributed by atoms with Gasteiger partial charge in [-0.05, 0) is 44.4 Å². The predicted molar refractivity (Wildman–Crippen MR) is 110 cm³/mol. The lowest BCUT2D eigenvalue weighted by Crippen LogP contribution is -2.47. The summed E-state index contributed by atoms with van der Waals surface area (Å²) in [5, 5.41) is 3.47. The number of hydrogen-bond donors (Lipinski definition) is 1. The highest BCUT2D eigenvalue weighted by Gasteiger charge is 2.25. The summed E-state index contributed by atoms with van der Waals surface area (Å²) < 4.78 is 0. The minimum absolute atomic E-state index is 0.0600. The van der Waals surface area contributed by atoms with E-state index in [-0.39, 0.29) is 11.8 Å². The van der Waals surface area contributed by atoms with Crippen LogP contribution in [0.25, 0.3) is 0 Å². The Kier molecular flexibility index (Phi) is 7.86. The summed E-state index contributed by atoms with van der Waals surface area (Å²) in [5.74, 6) is -0.202. The Labute approximate surface area is 166 Å². The maximum atomic E-state index is 13.0. The summed E-state index contributed by atoms with van der Waals surface area (Å²) in [5.41, 5.74) is 3.08. The maximum Gasteiger partial charge on any atom is 0.242 e. The number of carbonyl (C=O) groups excluding carboxylic acids is 2. The van der Waals surface area contributed by atoms with Crippen LogP contribution < -0.4 is 5.32 Å². The molecule has 0 fully saturated rings. The van der Waals surface area contributed by atoms with Gasteiger partial charge in [-0.1, -0.05) is 59.6 Å². The van der Waals surface area contributed by atoms with Crippen molar-refractivity contribution >= 4 is 23.4 Å². The average Bonchev–Trinajstić information content (AvgIpc) is 2.65. The van der Waals surface area contributed by atoms with Crippen molar-refractivity contribution in [2.75, 3.05) is 6.54 Å². The zero-order chi connectivity index (χ0) is 19.8. The maximum absolute atomic E-state index is 13.0. The van der Waals surface area contributed by atoms with E-state index in [0.29, 0.717) is 31.0 Å². The SMILES string of the molecule is CCNC(=O)C(C)N(Cc1cccc(C)c1)C(=O)CCc1ccccc1Cl. The molecular weight excluding hydrogens is 360 g/mol. The van der Waals surface area contributed by atoms with Gasteiger partial charge in [0.25, 0.3) is 0 Å². The topological polar surface area (TPSA) is 49.4 Å². The largest absolute Gasteiger partial charge is 0.355 e. The number of hydrogen-bond acceptors (Lipinski definition) is 2. The second-order valence-electron chi connectivity index (χ2n) is 6.67. The Bertz CT molecular complexity index is 791. The van der Waals surface area contributed by atoms with E-state index in [0.717, 1.165) is 16.7 Å². The number of nitrogens with zero attached hydrogens (tertiary/aromatic N) is 1. The Balaban J connectivity index is 2.15. The molecule has 1 atom stereocenters. The fourth-order valence-corrected chi connectivity index (χ4v) is 3.23. The number of amides is 2. The lowest BCUT2D eigenvalue weighted by molar-refractivity contribution is -0.140. The van der Waals surface area contributed by atoms with E-state index in [2.05, 4.69) is 5.32 Å². The summed E-state index contributed by atoms with van der Waals surface area (Å²) in [7, 11) is 0. The van der Waals surface area contributed by atoms with E-state index < -0.39 is 6.04 Å². The lowest BCUT2D eigenvalue weighted by atomic mass is 10.1. The van der Waals surface area contributed by atoms with Crippen LogP contribution in [0, 0.1) is 6.92 Å². The molecule has 2 amide bonds. The molecule has 0 radical (unpaired) electrons. The van der Waals surface area contributed by atoms with E-state index in [1.807, 2.05) is 62.4 Å². The summed E-state index contributed by atoms with van der Waals surface area (Å²) >= 11 is 6.20. The molecule has 0 aliphatic rings. The van der Waals surface area contributed by atoms with Crippen LogP contribution in [-0.4, -0.2) is 29.3 Å². The normalized spacial score (nSPS) is 11.7. The second-order valence-corrected chi connectivity index (χ2v) is 7.08. The second kappa shape index (κ2) is 10.1. The molecule has 5 heteroatoms. The highest BCUT2D eigenvalue weighted by Crippen LogP contribution is 2.18. The summed E-state index contributed by atoms with van der Waals surface area (Å²) in [6, 6.07) is 15.0. The molecule has 1 N–H and O–H groups in total. The number of likely N-dealkylation sites (N-methyl/N-ethyl adjacent to an activating group) is 1. The summed E-state index contributed by atoms with van der Waals surface area (Å²) in [6.07, 6.45) is 0.851. The highest BCUT2D eigenvalue weighted by molar-refractivity contribution is 6.31. The van der Waals surface area contributed by atoms with Gasteiger partial charge in [0, 0.05) is 24.5 Å². The molecule has 2 aromatic rings. The average molecular weight is 387 g/mol. The van der Waals surface area contributed by atoms with Crippen LogP contribution in [-0.2, 0) is 22.6 Å². The smallest absolute Gasteiger partial charge is 0.242 e. The van der Waals surface area contributed by atoms with Crippen molar-refractivity contribution in [2.45, 2.75) is 46.2 Å². The third-order valence-corrected chi connectivity index (χ3v) is 4.89. The van der Waals surface area contributed by atoms with Gasteiger partial charge < -0.3 is 10.2 Å². The molecule has 4 nitrogen and oxygen atoms in total. The van der Waals surface area contributed by atoms with Gasteiger partial charge in [0.15, 0.2) is 0 Å². The van der Waals surface area contributed by atoms with Gasteiger partial charge >= 0.3 is 0 Å². The summed E-state index contributed by atoms with van der Waals surface area (Å²) in [6.45, 7) is 6.60. The first kappa shape index (κ1) is 21.0. The van der Waals surface area contributed by atoms with Gasteiger partial charge in [0.2, 0.25) is 11.8 Å². The van der Waals surface area contributed by atoms with Crippen molar-refractivity contribution in [2.24, 2.45) is 0 Å². The van der Waals surface area contributed by atoms with Gasteiger partial charge in [-0.3, -0.25) is 9.59 Å². The molecule has 0 aliphatic heterocycles. The fourth-order valence-electron chi connectivity index (χ4n) is 3.00. The van der Waals surface area contributed by atoms with Crippen LogP contribution in [0.2, 0.25) is 5.02 Å². The summed E-state index contributed by atoms with van der Waals surface area (Å²) in [4.78, 5) is 27.0. The molecule has 0 saturated heterocycles. The van der Waals surface area contributed by atoms with Gasteiger partial charge in [-0.25, -0.2) is 0 Å². The molecule has 2 rings (SSSR count). The van der Waals surface area contributed by atoms with E-state index in [9.17, 15) is 9.59 Å². The van der Waals surface area contributed by atoms with Crippen molar-refractivity contribution in [3.05, 3.63) is 70.2 Å². The molecule has 2 aromatic carbocycles. The third kappa shape index (κ3) is 6.10. The van der Waals surface area contributed by atoms with Crippen LogP contribution >= 0.6 is 11.6 Å². The monoisotopic (exact) mass is 386 g/mol. The molecular formula is C22H27ClN2O2. The van der Waals surface area contributed by atoms with Gasteiger partial charge in [0.05, 0.1) is 0 Å². The Hall–Kier alpha value is -2.33. The number of halogens is 1. The number of nitrogens with one attached hydrogen (secondary N) is 1. The quantitative estimate of drug-likeness (QED) is 0.741. The van der Waals surface area contributed by atoms with Gasteiger partial charge in [-0.15, -0.1) is 0 Å². The first-order valence-electron chi connectivity index (χ1n) is 9.28. The minimum Gasteiger partial charge on any atom is -0.355 e. The van der Waals surface area contributed by atoms with E-state index in [1.165, 1.54) is 0 Å². The molecule has 0 heterocycles. The van der Waals surface area contributed by atoms with Crippen molar-refractivity contribution in [1.82, 2.24) is 10.2 Å². The molecule has 1 unspecified atom stereocenters. The highest BCUT2D eigenvalue weighted by atomic mass is 35.5. The minimum atomic E-state index is -0.538. The van der Waals surface area contributed by atoms with Crippen molar-refractivity contribution < 1.29 is 9.59 Å². The molecule has 144 valence electrons. The van der Waals surface area contributed by atoms with Crippen LogP contribution in [0.1, 0.15) is 37.0 Å². The zero-order valence-electron chi connectivity index (χ0n) is 16.2. The van der Waals surface area contributed by atoms with Crippen LogP contribution in [0.4, 0.5) is 0 Å². The van der Waals surface area contributed by atoms with Crippen molar-refractivity contribution in [3.8, 4) is 0 Å². The molecule has 27 heavy (non-hydrogen) atoms. The van der Waals surface area contributed by atoms with Gasteiger partial charge in [0.1, 0.15) is 6.04 Å². The van der Waals surface area contributed by atoms with E-state index in [4.69, 9.17) is 11.6 Å². The first-order chi connectivity index (χ1) is 12.9. The fraction of sp³-hybridized carbons (Fsp3) is 0.364. The Morgan fingerprint density at radius 1 is 1.15 bits per heavy atom. The Morgan fingerprint density at radius 2 is 1.89 bits per heavy atom. The van der Waals surface area contributed by atoms with Crippen molar-refractivity contribution in [1.29, 1.82) is 0 Å². The first-order valence-corrected chi connectivity index (χ1v) is 9.66. The molecule has 0 saturated carbocycles. The number of aryl methyl sites for hydroxylation is 2. The van der Waals surface area contributed by atoms with E-state index >= 15 is 0 Å². The lowest BCUT2D eigenvalue weighted by Gasteiger charge is -2.29. The molecule has 0 bridgehead atoms. The third-order valence-electron chi connectivity index (χ3n) is 4.52. The molecule has 0 spiro atoms. The number of rotatable bonds is 8.